The molecule has 2 amide bonds. The fourth-order valence-corrected chi connectivity index (χ4v) is 4.10. The maximum Gasteiger partial charge on any atom is 0.253 e. The lowest BCUT2D eigenvalue weighted by atomic mass is 10.0. The second-order valence-electron chi connectivity index (χ2n) is 7.48. The van der Waals surface area contributed by atoms with E-state index in [1.54, 1.807) is 0 Å². The van der Waals surface area contributed by atoms with Gasteiger partial charge in [0.2, 0.25) is 0 Å². The summed E-state index contributed by atoms with van der Waals surface area (Å²) in [4.78, 5) is 29.5. The highest BCUT2D eigenvalue weighted by Crippen LogP contribution is 2.25. The summed E-state index contributed by atoms with van der Waals surface area (Å²) in [6.45, 7) is 4.67. The van der Waals surface area contributed by atoms with Crippen LogP contribution in [0.5, 0.6) is 0 Å². The Morgan fingerprint density at radius 2 is 1.82 bits per heavy atom. The van der Waals surface area contributed by atoms with Crippen LogP contribution < -0.4 is 5.73 Å². The molecule has 2 fully saturated rings. The number of piperidine rings is 1. The standard InChI is InChI=1S/C21H31N3O3.ClH/c1-2-12-24(21(26)19-9-8-18(15-22)27-19)17-10-13-23(14-11-17)20(25)16-6-4-3-5-7-16;/h3-7,17-19H,2,8-15,22H2,1H3;1H/t18-,19+;/m1./s1. The maximum atomic E-state index is 13.0. The topological polar surface area (TPSA) is 75.9 Å². The van der Waals surface area contributed by atoms with Gasteiger partial charge >= 0.3 is 0 Å². The second kappa shape index (κ2) is 10.8. The van der Waals surface area contributed by atoms with E-state index in [0.29, 0.717) is 19.6 Å². The first-order valence-electron chi connectivity index (χ1n) is 10.1. The van der Waals surface area contributed by atoms with Crippen molar-refractivity contribution in [3.63, 3.8) is 0 Å². The van der Waals surface area contributed by atoms with Crippen LogP contribution in [0.15, 0.2) is 30.3 Å². The number of hydrogen-bond donors (Lipinski definition) is 1. The minimum atomic E-state index is -0.353. The Balaban J connectivity index is 0.00000280. The van der Waals surface area contributed by atoms with Gasteiger partial charge in [0.25, 0.3) is 11.8 Å². The van der Waals surface area contributed by atoms with E-state index >= 15 is 0 Å². The molecule has 156 valence electrons. The van der Waals surface area contributed by atoms with Gasteiger partial charge in [-0.05, 0) is 44.2 Å². The minimum Gasteiger partial charge on any atom is -0.364 e. The normalized spacial score (nSPS) is 22.6. The first-order chi connectivity index (χ1) is 13.1. The van der Waals surface area contributed by atoms with Crippen molar-refractivity contribution in [3.05, 3.63) is 35.9 Å². The smallest absolute Gasteiger partial charge is 0.253 e. The fourth-order valence-electron chi connectivity index (χ4n) is 4.10. The Bertz CT molecular complexity index is 635. The molecule has 0 aromatic heterocycles. The summed E-state index contributed by atoms with van der Waals surface area (Å²) in [7, 11) is 0. The maximum absolute atomic E-state index is 13.0. The molecule has 3 rings (SSSR count). The zero-order valence-electron chi connectivity index (χ0n) is 16.6. The predicted molar refractivity (Wildman–Crippen MR) is 112 cm³/mol. The van der Waals surface area contributed by atoms with Crippen molar-refractivity contribution in [2.45, 2.75) is 57.3 Å². The SMILES string of the molecule is CCCN(C(=O)[C@@H]1CC[C@H](CN)O1)C1CCN(C(=O)c2ccccc2)CC1.Cl. The van der Waals surface area contributed by atoms with Crippen LogP contribution in [-0.2, 0) is 9.53 Å². The summed E-state index contributed by atoms with van der Waals surface area (Å²) >= 11 is 0. The van der Waals surface area contributed by atoms with Crippen LogP contribution in [0, 0.1) is 0 Å². The van der Waals surface area contributed by atoms with E-state index in [2.05, 4.69) is 6.92 Å². The quantitative estimate of drug-likeness (QED) is 0.783. The number of halogens is 1. The average Bonchev–Trinajstić information content (AvgIpc) is 3.21. The average molecular weight is 410 g/mol. The number of ether oxygens (including phenoxy) is 1. The summed E-state index contributed by atoms with van der Waals surface area (Å²) < 4.78 is 5.83. The first kappa shape index (κ1) is 22.7. The molecular weight excluding hydrogens is 378 g/mol. The number of amides is 2. The van der Waals surface area contributed by atoms with Gasteiger partial charge < -0.3 is 20.3 Å². The summed E-state index contributed by atoms with van der Waals surface area (Å²) in [5, 5.41) is 0. The molecule has 1 aromatic rings. The predicted octanol–water partition coefficient (Wildman–Crippen LogP) is 2.46. The monoisotopic (exact) mass is 409 g/mol. The molecule has 7 heteroatoms. The molecule has 2 aliphatic heterocycles. The highest BCUT2D eigenvalue weighted by Gasteiger charge is 2.36. The largest absolute Gasteiger partial charge is 0.364 e. The van der Waals surface area contributed by atoms with Crippen LogP contribution in [0.25, 0.3) is 0 Å². The van der Waals surface area contributed by atoms with Crippen LogP contribution in [0.3, 0.4) is 0 Å². The van der Waals surface area contributed by atoms with Crippen molar-refractivity contribution in [2.75, 3.05) is 26.2 Å². The molecule has 2 aliphatic rings. The molecule has 2 heterocycles. The molecular formula is C21H32ClN3O3. The lowest BCUT2D eigenvalue weighted by molar-refractivity contribution is -0.146. The van der Waals surface area contributed by atoms with Crippen molar-refractivity contribution in [1.29, 1.82) is 0 Å². The number of benzene rings is 1. The van der Waals surface area contributed by atoms with E-state index in [0.717, 1.165) is 44.2 Å². The van der Waals surface area contributed by atoms with Crippen molar-refractivity contribution in [1.82, 2.24) is 9.80 Å². The van der Waals surface area contributed by atoms with Crippen molar-refractivity contribution in [3.8, 4) is 0 Å². The Morgan fingerprint density at radius 3 is 2.39 bits per heavy atom. The number of carbonyl (C=O) groups excluding carboxylic acids is 2. The van der Waals surface area contributed by atoms with Crippen molar-refractivity contribution in [2.24, 2.45) is 5.73 Å². The highest BCUT2D eigenvalue weighted by molar-refractivity contribution is 5.94. The number of nitrogens with zero attached hydrogens (tertiary/aromatic N) is 2. The molecule has 2 saturated heterocycles. The van der Waals surface area contributed by atoms with Gasteiger partial charge in [-0.25, -0.2) is 0 Å². The molecule has 0 unspecified atom stereocenters. The van der Waals surface area contributed by atoms with Crippen LogP contribution in [0.2, 0.25) is 0 Å². The van der Waals surface area contributed by atoms with Gasteiger partial charge in [-0.1, -0.05) is 25.1 Å². The van der Waals surface area contributed by atoms with E-state index < -0.39 is 0 Å². The highest BCUT2D eigenvalue weighted by atomic mass is 35.5. The Hall–Kier alpha value is -1.63. The molecule has 0 saturated carbocycles. The second-order valence-corrected chi connectivity index (χ2v) is 7.48. The number of nitrogens with two attached hydrogens (primary N) is 1. The van der Waals surface area contributed by atoms with Crippen LogP contribution in [0.4, 0.5) is 0 Å². The molecule has 28 heavy (non-hydrogen) atoms. The zero-order valence-corrected chi connectivity index (χ0v) is 17.4. The van der Waals surface area contributed by atoms with Crippen LogP contribution >= 0.6 is 12.4 Å². The van der Waals surface area contributed by atoms with Gasteiger partial charge in [0.15, 0.2) is 0 Å². The van der Waals surface area contributed by atoms with E-state index in [1.807, 2.05) is 40.1 Å². The van der Waals surface area contributed by atoms with E-state index in [-0.39, 0.29) is 42.5 Å². The summed E-state index contributed by atoms with van der Waals surface area (Å²) in [5.41, 5.74) is 6.40. The first-order valence-corrected chi connectivity index (χ1v) is 10.1. The number of likely N-dealkylation sites (tertiary alicyclic amines) is 1. The van der Waals surface area contributed by atoms with Crippen molar-refractivity contribution >= 4 is 24.2 Å². The lowest BCUT2D eigenvalue weighted by Gasteiger charge is -2.39. The zero-order chi connectivity index (χ0) is 19.2. The summed E-state index contributed by atoms with van der Waals surface area (Å²) in [5.74, 6) is 0.174. The third kappa shape index (κ3) is 5.25. The molecule has 2 atom stereocenters. The number of rotatable bonds is 6. The van der Waals surface area contributed by atoms with E-state index in [9.17, 15) is 9.59 Å². The van der Waals surface area contributed by atoms with Gasteiger partial charge in [-0.3, -0.25) is 9.59 Å². The number of hydrogen-bond acceptors (Lipinski definition) is 4. The van der Waals surface area contributed by atoms with Gasteiger partial charge in [0, 0.05) is 37.8 Å². The van der Waals surface area contributed by atoms with E-state index in [4.69, 9.17) is 10.5 Å². The molecule has 2 N–H and O–H groups in total. The third-order valence-corrected chi connectivity index (χ3v) is 5.61. The van der Waals surface area contributed by atoms with Gasteiger partial charge in [-0.2, -0.15) is 0 Å². The Kier molecular flexibility index (Phi) is 8.73. The fraction of sp³-hybridized carbons (Fsp3) is 0.619. The summed E-state index contributed by atoms with van der Waals surface area (Å²) in [6.07, 6.45) is 3.82. The van der Waals surface area contributed by atoms with Crippen molar-refractivity contribution < 1.29 is 14.3 Å². The van der Waals surface area contributed by atoms with Crippen LogP contribution in [0.1, 0.15) is 49.4 Å². The molecule has 0 radical (unpaired) electrons. The summed E-state index contributed by atoms with van der Waals surface area (Å²) in [6, 6.07) is 9.57. The Labute approximate surface area is 173 Å². The molecule has 6 nitrogen and oxygen atoms in total. The molecule has 0 aliphatic carbocycles. The lowest BCUT2D eigenvalue weighted by Crippen LogP contribution is -2.51. The van der Waals surface area contributed by atoms with Crippen LogP contribution in [-0.4, -0.2) is 66.0 Å². The van der Waals surface area contributed by atoms with E-state index in [1.165, 1.54) is 0 Å². The molecule has 0 spiro atoms. The third-order valence-electron chi connectivity index (χ3n) is 5.61. The molecule has 0 bridgehead atoms. The number of carbonyl (C=O) groups is 2. The van der Waals surface area contributed by atoms with Gasteiger partial charge in [0.1, 0.15) is 6.10 Å². The van der Waals surface area contributed by atoms with Gasteiger partial charge in [-0.15, -0.1) is 12.4 Å². The molecule has 1 aromatic carbocycles. The Morgan fingerprint density at radius 1 is 1.14 bits per heavy atom. The van der Waals surface area contributed by atoms with Gasteiger partial charge in [0.05, 0.1) is 6.10 Å². The minimum absolute atomic E-state index is 0.